The molecule has 124 valence electrons. The molecule has 0 fully saturated rings. The standard InChI is InChI=1S/C24H23N/c1-17-13-18(2)24(19(3)14-17)23-15-21-11-7-8-12-22(21)25(23)16-20-9-5-4-6-10-20/h4-15H,16H2,1-3H3. The third kappa shape index (κ3) is 2.87. The van der Waals surface area contributed by atoms with Gasteiger partial charge in [0.05, 0.1) is 0 Å². The molecule has 0 aliphatic rings. The zero-order chi connectivity index (χ0) is 17.4. The maximum atomic E-state index is 2.45. The minimum absolute atomic E-state index is 0.885. The lowest BCUT2D eigenvalue weighted by molar-refractivity contribution is 0.843. The van der Waals surface area contributed by atoms with Crippen LogP contribution in [0.25, 0.3) is 22.2 Å². The van der Waals surface area contributed by atoms with Crippen LogP contribution in [0.1, 0.15) is 22.3 Å². The van der Waals surface area contributed by atoms with Crippen molar-refractivity contribution in [2.45, 2.75) is 27.3 Å². The molecule has 4 rings (SSSR count). The van der Waals surface area contributed by atoms with Crippen LogP contribution in [0.3, 0.4) is 0 Å². The molecule has 1 aromatic heterocycles. The van der Waals surface area contributed by atoms with Gasteiger partial charge in [-0.3, -0.25) is 0 Å². The van der Waals surface area contributed by atoms with Gasteiger partial charge in [0.25, 0.3) is 0 Å². The number of para-hydroxylation sites is 1. The van der Waals surface area contributed by atoms with E-state index in [1.165, 1.54) is 44.4 Å². The van der Waals surface area contributed by atoms with E-state index in [1.54, 1.807) is 0 Å². The van der Waals surface area contributed by atoms with Crippen molar-refractivity contribution in [2.75, 3.05) is 0 Å². The fraction of sp³-hybridized carbons (Fsp3) is 0.167. The molecular weight excluding hydrogens is 302 g/mol. The van der Waals surface area contributed by atoms with Gasteiger partial charge in [-0.25, -0.2) is 0 Å². The summed E-state index contributed by atoms with van der Waals surface area (Å²) in [6.45, 7) is 7.50. The van der Waals surface area contributed by atoms with E-state index in [2.05, 4.69) is 98.1 Å². The Hall–Kier alpha value is -2.80. The average Bonchev–Trinajstić information content (AvgIpc) is 2.93. The maximum Gasteiger partial charge on any atom is 0.0499 e. The lowest BCUT2D eigenvalue weighted by atomic mass is 9.97. The third-order valence-corrected chi connectivity index (χ3v) is 4.93. The number of hydrogen-bond donors (Lipinski definition) is 0. The Bertz CT molecular complexity index is 1020. The molecule has 1 nitrogen and oxygen atoms in total. The largest absolute Gasteiger partial charge is 0.336 e. The molecule has 0 amide bonds. The molecule has 0 N–H and O–H groups in total. The lowest BCUT2D eigenvalue weighted by Gasteiger charge is -2.16. The number of rotatable bonds is 3. The van der Waals surface area contributed by atoms with Crippen LogP contribution in [0, 0.1) is 20.8 Å². The lowest BCUT2D eigenvalue weighted by Crippen LogP contribution is -2.03. The summed E-state index contributed by atoms with van der Waals surface area (Å²) in [5.74, 6) is 0. The van der Waals surface area contributed by atoms with Crippen LogP contribution in [-0.4, -0.2) is 4.57 Å². The molecule has 0 spiro atoms. The van der Waals surface area contributed by atoms with Gasteiger partial charge >= 0.3 is 0 Å². The molecule has 0 saturated carbocycles. The van der Waals surface area contributed by atoms with Crippen LogP contribution in [0.5, 0.6) is 0 Å². The number of benzene rings is 3. The van der Waals surface area contributed by atoms with Crippen LogP contribution in [0.4, 0.5) is 0 Å². The summed E-state index contributed by atoms with van der Waals surface area (Å²) in [5.41, 5.74) is 9.29. The first-order valence-corrected chi connectivity index (χ1v) is 8.84. The van der Waals surface area contributed by atoms with Gasteiger partial charge in [-0.2, -0.15) is 0 Å². The van der Waals surface area contributed by atoms with Crippen molar-refractivity contribution < 1.29 is 0 Å². The predicted molar refractivity (Wildman–Crippen MR) is 107 cm³/mol. The average molecular weight is 325 g/mol. The van der Waals surface area contributed by atoms with Gasteiger partial charge in [0, 0.05) is 28.7 Å². The van der Waals surface area contributed by atoms with E-state index in [4.69, 9.17) is 0 Å². The van der Waals surface area contributed by atoms with E-state index < -0.39 is 0 Å². The summed E-state index contributed by atoms with van der Waals surface area (Å²) in [6, 6.07) is 26.3. The highest BCUT2D eigenvalue weighted by atomic mass is 15.0. The number of nitrogens with zero attached hydrogens (tertiary/aromatic N) is 1. The zero-order valence-corrected chi connectivity index (χ0v) is 15.1. The van der Waals surface area contributed by atoms with E-state index in [0.717, 1.165) is 6.54 Å². The summed E-state index contributed by atoms with van der Waals surface area (Å²) in [6.07, 6.45) is 0. The molecule has 1 heterocycles. The summed E-state index contributed by atoms with van der Waals surface area (Å²) < 4.78 is 2.45. The van der Waals surface area contributed by atoms with Crippen molar-refractivity contribution in [3.63, 3.8) is 0 Å². The van der Waals surface area contributed by atoms with Gasteiger partial charge in [0.2, 0.25) is 0 Å². The van der Waals surface area contributed by atoms with Crippen LogP contribution >= 0.6 is 0 Å². The summed E-state index contributed by atoms with van der Waals surface area (Å²) >= 11 is 0. The van der Waals surface area contributed by atoms with Crippen LogP contribution < -0.4 is 0 Å². The van der Waals surface area contributed by atoms with Gasteiger partial charge in [0.1, 0.15) is 0 Å². The number of fused-ring (bicyclic) bond motifs is 1. The Balaban J connectivity index is 1.97. The van der Waals surface area contributed by atoms with Crippen molar-refractivity contribution in [2.24, 2.45) is 0 Å². The normalized spacial score (nSPS) is 11.2. The van der Waals surface area contributed by atoms with Crippen molar-refractivity contribution in [1.82, 2.24) is 4.57 Å². The maximum absolute atomic E-state index is 2.45. The highest BCUT2D eigenvalue weighted by Gasteiger charge is 2.15. The second-order valence-corrected chi connectivity index (χ2v) is 6.93. The highest BCUT2D eigenvalue weighted by Crippen LogP contribution is 2.34. The van der Waals surface area contributed by atoms with E-state index in [9.17, 15) is 0 Å². The summed E-state index contributed by atoms with van der Waals surface area (Å²) in [4.78, 5) is 0. The van der Waals surface area contributed by atoms with Crippen molar-refractivity contribution >= 4 is 10.9 Å². The SMILES string of the molecule is Cc1cc(C)c(-c2cc3ccccc3n2Cc2ccccc2)c(C)c1. The molecule has 0 unspecified atom stereocenters. The van der Waals surface area contributed by atoms with E-state index in [1.807, 2.05) is 0 Å². The second-order valence-electron chi connectivity index (χ2n) is 6.93. The highest BCUT2D eigenvalue weighted by molar-refractivity contribution is 5.88. The Morgan fingerprint density at radius 3 is 2.08 bits per heavy atom. The van der Waals surface area contributed by atoms with E-state index in [0.29, 0.717) is 0 Å². The molecule has 0 saturated heterocycles. The zero-order valence-electron chi connectivity index (χ0n) is 15.1. The van der Waals surface area contributed by atoms with Crippen molar-refractivity contribution in [3.8, 4) is 11.3 Å². The van der Waals surface area contributed by atoms with E-state index in [-0.39, 0.29) is 0 Å². The quantitative estimate of drug-likeness (QED) is 0.417. The Morgan fingerprint density at radius 1 is 0.720 bits per heavy atom. The minimum atomic E-state index is 0.885. The molecule has 25 heavy (non-hydrogen) atoms. The molecular formula is C24H23N. The fourth-order valence-corrected chi connectivity index (χ4v) is 3.94. The molecule has 0 bridgehead atoms. The third-order valence-electron chi connectivity index (χ3n) is 4.93. The Labute approximate surface area is 149 Å². The fourth-order valence-electron chi connectivity index (χ4n) is 3.94. The van der Waals surface area contributed by atoms with Crippen LogP contribution in [0.15, 0.2) is 72.8 Å². The number of aryl methyl sites for hydroxylation is 3. The molecule has 0 radical (unpaired) electrons. The molecule has 0 atom stereocenters. The summed E-state index contributed by atoms with van der Waals surface area (Å²) in [7, 11) is 0. The molecule has 0 aliphatic heterocycles. The van der Waals surface area contributed by atoms with Crippen molar-refractivity contribution in [1.29, 1.82) is 0 Å². The smallest absolute Gasteiger partial charge is 0.0499 e. The molecule has 3 aromatic carbocycles. The first-order chi connectivity index (χ1) is 12.1. The topological polar surface area (TPSA) is 4.93 Å². The van der Waals surface area contributed by atoms with Gasteiger partial charge < -0.3 is 4.57 Å². The predicted octanol–water partition coefficient (Wildman–Crippen LogP) is 6.28. The van der Waals surface area contributed by atoms with Gasteiger partial charge in [-0.05, 0) is 49.6 Å². The van der Waals surface area contributed by atoms with E-state index >= 15 is 0 Å². The number of hydrogen-bond acceptors (Lipinski definition) is 0. The Morgan fingerprint density at radius 2 is 1.36 bits per heavy atom. The van der Waals surface area contributed by atoms with Crippen molar-refractivity contribution in [3.05, 3.63) is 95.1 Å². The van der Waals surface area contributed by atoms with Gasteiger partial charge in [-0.1, -0.05) is 66.2 Å². The monoisotopic (exact) mass is 325 g/mol. The molecule has 4 aromatic rings. The second kappa shape index (κ2) is 6.25. The first-order valence-electron chi connectivity index (χ1n) is 8.84. The first kappa shape index (κ1) is 15.7. The van der Waals surface area contributed by atoms with Gasteiger partial charge in [-0.15, -0.1) is 0 Å². The van der Waals surface area contributed by atoms with Gasteiger partial charge in [0.15, 0.2) is 0 Å². The molecule has 1 heteroatoms. The summed E-state index contributed by atoms with van der Waals surface area (Å²) in [5, 5.41) is 1.30. The van der Waals surface area contributed by atoms with Crippen LogP contribution in [0.2, 0.25) is 0 Å². The number of aromatic nitrogens is 1. The molecule has 0 aliphatic carbocycles. The minimum Gasteiger partial charge on any atom is -0.336 e. The van der Waals surface area contributed by atoms with Crippen LogP contribution in [-0.2, 0) is 6.54 Å². The Kier molecular flexibility index (Phi) is 3.93.